The third-order valence-corrected chi connectivity index (χ3v) is 7.36. The van der Waals surface area contributed by atoms with Crippen molar-refractivity contribution in [3.8, 4) is 22.9 Å². The Balaban J connectivity index is 1.64. The van der Waals surface area contributed by atoms with Crippen molar-refractivity contribution in [1.82, 2.24) is 19.5 Å². The molecule has 1 aliphatic rings. The van der Waals surface area contributed by atoms with Crippen LogP contribution in [0.15, 0.2) is 44.8 Å². The van der Waals surface area contributed by atoms with Gasteiger partial charge in [-0.1, -0.05) is 23.2 Å². The normalized spacial score (nSPS) is 19.6. The number of benzene rings is 2. The van der Waals surface area contributed by atoms with Crippen LogP contribution in [0.3, 0.4) is 0 Å². The van der Waals surface area contributed by atoms with Gasteiger partial charge in [-0.2, -0.15) is 9.78 Å². The molecule has 0 spiro atoms. The number of sulfonamides is 1. The van der Waals surface area contributed by atoms with Gasteiger partial charge in [-0.25, -0.2) is 26.7 Å². The number of nitrogens with one attached hydrogen (secondary N) is 2. The Kier molecular flexibility index (Phi) is 7.11. The van der Waals surface area contributed by atoms with Crippen molar-refractivity contribution >= 4 is 41.1 Å². The third-order valence-electron chi connectivity index (χ3n) is 5.25. The molecule has 1 heterocycles. The van der Waals surface area contributed by atoms with Gasteiger partial charge in [-0.15, -0.1) is 0 Å². The minimum Gasteiger partial charge on any atom is -0.507 e. The van der Waals surface area contributed by atoms with Gasteiger partial charge in [0.1, 0.15) is 24.2 Å². The van der Waals surface area contributed by atoms with Crippen molar-refractivity contribution in [1.29, 1.82) is 0 Å². The maximum atomic E-state index is 13.0. The molecule has 1 fully saturated rings. The van der Waals surface area contributed by atoms with E-state index in [9.17, 15) is 37.0 Å². The number of hydrogen-bond acceptors (Lipinski definition) is 8. The Hall–Kier alpha value is -2.98. The average molecular weight is 575 g/mol. The lowest BCUT2D eigenvalue weighted by Gasteiger charge is -2.41. The molecule has 0 saturated heterocycles. The third kappa shape index (κ3) is 5.65. The summed E-state index contributed by atoms with van der Waals surface area (Å²) in [5, 5.41) is 22.6. The first-order valence-corrected chi connectivity index (χ1v) is 12.5. The highest BCUT2D eigenvalue weighted by molar-refractivity contribution is 7.89. The second-order valence-corrected chi connectivity index (χ2v) is 10.7. The molecule has 0 atom stereocenters. The molecule has 3 aromatic rings. The number of alkyl halides is 2. The van der Waals surface area contributed by atoms with E-state index in [4.69, 9.17) is 35.8 Å². The second kappa shape index (κ2) is 9.72. The first kappa shape index (κ1) is 27.1. The number of aromatic amines is 1. The van der Waals surface area contributed by atoms with E-state index in [0.29, 0.717) is 4.68 Å². The van der Waals surface area contributed by atoms with Gasteiger partial charge in [0.15, 0.2) is 11.4 Å². The smallest absolute Gasteiger partial charge is 0.349 e. The van der Waals surface area contributed by atoms with Crippen LogP contribution in [0.5, 0.6) is 17.2 Å². The number of phenols is 1. The highest BCUT2D eigenvalue weighted by Gasteiger charge is 2.40. The molecule has 2 radical (unpaired) electrons. The van der Waals surface area contributed by atoms with E-state index in [-0.39, 0.29) is 40.1 Å². The summed E-state index contributed by atoms with van der Waals surface area (Å²) in [5.74, 6) is -0.904. The molecule has 2 aromatic carbocycles. The van der Waals surface area contributed by atoms with Crippen LogP contribution in [0.25, 0.3) is 5.69 Å². The van der Waals surface area contributed by atoms with Gasteiger partial charge in [0.2, 0.25) is 10.0 Å². The Morgan fingerprint density at radius 2 is 1.84 bits per heavy atom. The van der Waals surface area contributed by atoms with Gasteiger partial charge >= 0.3 is 5.69 Å². The summed E-state index contributed by atoms with van der Waals surface area (Å²) < 4.78 is 59.9. The summed E-state index contributed by atoms with van der Waals surface area (Å²) in [5.41, 5.74) is -5.33. The minimum absolute atomic E-state index is 0.0210. The van der Waals surface area contributed by atoms with Crippen molar-refractivity contribution in [2.45, 2.75) is 35.7 Å². The van der Waals surface area contributed by atoms with Crippen molar-refractivity contribution in [2.75, 3.05) is 0 Å². The van der Waals surface area contributed by atoms with Crippen molar-refractivity contribution in [3.63, 3.8) is 0 Å². The van der Waals surface area contributed by atoms with E-state index in [2.05, 4.69) is 9.82 Å². The molecule has 4 rings (SSSR count). The number of H-pyrrole nitrogens is 1. The summed E-state index contributed by atoms with van der Waals surface area (Å²) in [6.45, 7) is 0. The first-order chi connectivity index (χ1) is 17.2. The monoisotopic (exact) mass is 574 g/mol. The maximum Gasteiger partial charge on any atom is 0.349 e. The number of aliphatic hydroxyl groups is 1. The summed E-state index contributed by atoms with van der Waals surface area (Å²) in [6.07, 6.45) is -3.30. The fraction of sp³-hybridized carbons (Fsp3) is 0.250. The first-order valence-electron chi connectivity index (χ1n) is 10.2. The highest BCUT2D eigenvalue weighted by Crippen LogP contribution is 2.40. The Bertz CT molecular complexity index is 1580. The molecule has 0 bridgehead atoms. The van der Waals surface area contributed by atoms with Gasteiger partial charge in [-0.05, 0) is 37.1 Å². The SMILES string of the molecule is [B]C1(O)CC(NS(=O)(=O)c2cc(Oc3c(Cl)cc(-n4nc(C(F)F)c(=O)[nH]c4=O)cc3Cl)ccc2O)C1. The lowest BCUT2D eigenvalue weighted by Crippen LogP contribution is -2.55. The predicted molar refractivity (Wildman–Crippen MR) is 128 cm³/mol. The standard InChI is InChI=1S/C20H15BCl2F2N4O7S/c21-20(33)6-8(7-20)28-37(34,35)14-5-10(1-2-13(14)30)36-16-11(22)3-9(4-12(16)23)29-19(32)26-18(31)15(27-29)17(24)25/h1-5,8,17,28,30,33H,6-7H2,(H,26,31,32). The highest BCUT2D eigenvalue weighted by atomic mass is 35.5. The number of aromatic nitrogens is 3. The minimum atomic E-state index is -4.25. The zero-order chi connectivity index (χ0) is 27.3. The van der Waals surface area contributed by atoms with E-state index in [1.807, 2.05) is 0 Å². The zero-order valence-electron chi connectivity index (χ0n) is 18.3. The molecule has 11 nitrogen and oxygen atoms in total. The van der Waals surface area contributed by atoms with Crippen LogP contribution in [-0.4, -0.2) is 52.8 Å². The van der Waals surface area contributed by atoms with Gasteiger partial charge in [0.05, 0.1) is 15.7 Å². The number of rotatable bonds is 7. The van der Waals surface area contributed by atoms with Crippen LogP contribution < -0.4 is 20.7 Å². The van der Waals surface area contributed by atoms with Crippen LogP contribution >= 0.6 is 23.2 Å². The van der Waals surface area contributed by atoms with Crippen LogP contribution in [-0.2, 0) is 10.0 Å². The maximum absolute atomic E-state index is 13.0. The molecule has 4 N–H and O–H groups in total. The molecule has 1 aliphatic carbocycles. The van der Waals surface area contributed by atoms with E-state index >= 15 is 0 Å². The number of halogens is 4. The number of hydrogen-bond donors (Lipinski definition) is 4. The van der Waals surface area contributed by atoms with E-state index in [0.717, 1.165) is 24.3 Å². The van der Waals surface area contributed by atoms with Crippen molar-refractivity contribution in [2.24, 2.45) is 0 Å². The van der Waals surface area contributed by atoms with Gasteiger partial charge in [0, 0.05) is 17.6 Å². The molecule has 0 amide bonds. The Morgan fingerprint density at radius 1 is 1.22 bits per heavy atom. The van der Waals surface area contributed by atoms with Crippen LogP contribution in [0, 0.1) is 0 Å². The van der Waals surface area contributed by atoms with Gasteiger partial charge in [0.25, 0.3) is 12.0 Å². The average Bonchev–Trinajstić information content (AvgIpc) is 2.75. The van der Waals surface area contributed by atoms with Crippen LogP contribution in [0.4, 0.5) is 8.78 Å². The summed E-state index contributed by atoms with van der Waals surface area (Å²) in [4.78, 5) is 24.8. The molecule has 1 saturated carbocycles. The van der Waals surface area contributed by atoms with Gasteiger partial charge in [-0.3, -0.25) is 9.78 Å². The van der Waals surface area contributed by atoms with Gasteiger partial charge < -0.3 is 14.9 Å². The molecule has 17 heteroatoms. The van der Waals surface area contributed by atoms with E-state index in [1.165, 1.54) is 6.07 Å². The summed E-state index contributed by atoms with van der Waals surface area (Å²) in [7, 11) is 1.23. The van der Waals surface area contributed by atoms with Crippen molar-refractivity contribution < 1.29 is 32.1 Å². The lowest BCUT2D eigenvalue weighted by molar-refractivity contribution is 0.0275. The lowest BCUT2D eigenvalue weighted by atomic mass is 9.63. The van der Waals surface area contributed by atoms with E-state index < -0.39 is 55.6 Å². The molecule has 1 aromatic heterocycles. The zero-order valence-corrected chi connectivity index (χ0v) is 20.6. The molecular formula is C20H15BCl2F2N4O7S. The number of phenolic OH excluding ortho intramolecular Hbond substituents is 1. The number of aromatic hydroxyl groups is 1. The molecule has 194 valence electrons. The molecule has 0 aliphatic heterocycles. The fourth-order valence-corrected chi connectivity index (χ4v) is 5.45. The summed E-state index contributed by atoms with van der Waals surface area (Å²) >= 11 is 12.4. The summed E-state index contributed by atoms with van der Waals surface area (Å²) in [6, 6.07) is 4.81. The topological polar surface area (TPSA) is 164 Å². The predicted octanol–water partition coefficient (Wildman–Crippen LogP) is 1.96. The number of ether oxygens (including phenoxy) is 1. The largest absolute Gasteiger partial charge is 0.507 e. The fourth-order valence-electron chi connectivity index (χ4n) is 3.55. The van der Waals surface area contributed by atoms with E-state index in [1.54, 1.807) is 4.98 Å². The molecular weight excluding hydrogens is 560 g/mol. The molecule has 0 unspecified atom stereocenters. The Labute approximate surface area is 218 Å². The Morgan fingerprint density at radius 3 is 2.41 bits per heavy atom. The second-order valence-electron chi connectivity index (χ2n) is 8.16. The van der Waals surface area contributed by atoms with Crippen LogP contribution in [0.1, 0.15) is 25.0 Å². The quantitative estimate of drug-likeness (QED) is 0.311. The number of nitrogens with zero attached hydrogens (tertiary/aromatic N) is 2. The molecule has 37 heavy (non-hydrogen) atoms. The van der Waals surface area contributed by atoms with Crippen LogP contribution in [0.2, 0.25) is 10.0 Å². The van der Waals surface area contributed by atoms with Crippen molar-refractivity contribution in [3.05, 3.63) is 66.9 Å².